The number of aromatic nitrogens is 3. The molecule has 2 atom stereocenters. The van der Waals surface area contributed by atoms with Crippen LogP contribution >= 0.6 is 11.6 Å². The SMILES string of the molecule is COc1ccc([C@H]2OCC[C@@H]2NCc2cn3cc(Cl)ccc3n2)cn1. The number of fused-ring (bicyclic) bond motifs is 1. The number of nitrogens with one attached hydrogen (secondary N) is 1. The Bertz CT molecular complexity index is 865. The van der Waals surface area contributed by atoms with Crippen LogP contribution in [0.25, 0.3) is 5.65 Å². The molecule has 0 aromatic carbocycles. The number of hydrogen-bond acceptors (Lipinski definition) is 5. The summed E-state index contributed by atoms with van der Waals surface area (Å²) in [6.07, 6.45) is 6.61. The molecule has 0 spiro atoms. The van der Waals surface area contributed by atoms with E-state index in [4.69, 9.17) is 21.1 Å². The van der Waals surface area contributed by atoms with Crippen LogP contribution in [0.1, 0.15) is 23.8 Å². The average Bonchev–Trinajstić information content (AvgIpc) is 3.26. The summed E-state index contributed by atoms with van der Waals surface area (Å²) in [7, 11) is 1.61. The van der Waals surface area contributed by atoms with Gasteiger partial charge < -0.3 is 19.2 Å². The van der Waals surface area contributed by atoms with E-state index >= 15 is 0 Å². The van der Waals surface area contributed by atoms with E-state index in [1.54, 1.807) is 7.11 Å². The summed E-state index contributed by atoms with van der Waals surface area (Å²) >= 11 is 6.02. The van der Waals surface area contributed by atoms with Crippen molar-refractivity contribution in [3.05, 3.63) is 59.1 Å². The topological polar surface area (TPSA) is 60.7 Å². The Morgan fingerprint density at radius 3 is 3.04 bits per heavy atom. The summed E-state index contributed by atoms with van der Waals surface area (Å²) in [4.78, 5) is 8.88. The zero-order chi connectivity index (χ0) is 17.2. The monoisotopic (exact) mass is 358 g/mol. The number of imidazole rings is 1. The fourth-order valence-electron chi connectivity index (χ4n) is 3.15. The summed E-state index contributed by atoms with van der Waals surface area (Å²) in [5.74, 6) is 0.606. The molecule has 1 N–H and O–H groups in total. The van der Waals surface area contributed by atoms with Crippen LogP contribution in [-0.4, -0.2) is 34.1 Å². The standard InChI is InChI=1S/C18H19ClN4O2/c1-24-17-5-2-12(8-21-17)18-15(6-7-25-18)20-9-14-11-23-10-13(19)3-4-16(23)22-14/h2-5,8,10-11,15,18,20H,6-7,9H2,1H3/t15-,18+/m0/s1. The first-order valence-corrected chi connectivity index (χ1v) is 8.59. The first-order chi connectivity index (χ1) is 12.2. The quantitative estimate of drug-likeness (QED) is 0.759. The summed E-state index contributed by atoms with van der Waals surface area (Å²) in [6, 6.07) is 7.85. The molecule has 7 heteroatoms. The van der Waals surface area contributed by atoms with Crippen molar-refractivity contribution in [3.8, 4) is 5.88 Å². The lowest BCUT2D eigenvalue weighted by Crippen LogP contribution is -2.31. The van der Waals surface area contributed by atoms with Crippen molar-refractivity contribution >= 4 is 17.2 Å². The van der Waals surface area contributed by atoms with Crippen molar-refractivity contribution < 1.29 is 9.47 Å². The van der Waals surface area contributed by atoms with Gasteiger partial charge in [0.05, 0.1) is 23.9 Å². The molecule has 0 saturated carbocycles. The molecule has 4 heterocycles. The Hall–Kier alpha value is -2.15. The van der Waals surface area contributed by atoms with Crippen LogP contribution in [0.2, 0.25) is 5.02 Å². The highest BCUT2D eigenvalue weighted by molar-refractivity contribution is 6.30. The summed E-state index contributed by atoms with van der Waals surface area (Å²) in [5, 5.41) is 4.25. The molecule has 1 saturated heterocycles. The Morgan fingerprint density at radius 2 is 2.24 bits per heavy atom. The molecule has 0 amide bonds. The highest BCUT2D eigenvalue weighted by atomic mass is 35.5. The van der Waals surface area contributed by atoms with Gasteiger partial charge in [-0.1, -0.05) is 11.6 Å². The molecular formula is C18H19ClN4O2. The highest BCUT2D eigenvalue weighted by Crippen LogP contribution is 2.29. The molecule has 130 valence electrons. The fourth-order valence-corrected chi connectivity index (χ4v) is 3.31. The number of nitrogens with zero attached hydrogens (tertiary/aromatic N) is 3. The number of methoxy groups -OCH3 is 1. The molecule has 3 aromatic rings. The van der Waals surface area contributed by atoms with Gasteiger partial charge >= 0.3 is 0 Å². The molecular weight excluding hydrogens is 340 g/mol. The first-order valence-electron chi connectivity index (χ1n) is 8.21. The molecule has 3 aromatic heterocycles. The molecule has 1 aliphatic heterocycles. The van der Waals surface area contributed by atoms with Crippen molar-refractivity contribution in [1.29, 1.82) is 0 Å². The molecule has 6 nitrogen and oxygen atoms in total. The number of pyridine rings is 2. The van der Waals surface area contributed by atoms with Crippen molar-refractivity contribution in [1.82, 2.24) is 19.7 Å². The second-order valence-corrected chi connectivity index (χ2v) is 6.48. The highest BCUT2D eigenvalue weighted by Gasteiger charge is 2.29. The predicted octanol–water partition coefficient (Wildman–Crippen LogP) is 3.01. The Labute approximate surface area is 150 Å². The van der Waals surface area contributed by atoms with E-state index in [0.29, 0.717) is 17.4 Å². The second kappa shape index (κ2) is 7.00. The summed E-state index contributed by atoms with van der Waals surface area (Å²) < 4.78 is 13.0. The Balaban J connectivity index is 1.45. The van der Waals surface area contributed by atoms with Gasteiger partial charge in [0, 0.05) is 49.4 Å². The van der Waals surface area contributed by atoms with Crippen LogP contribution in [0.5, 0.6) is 5.88 Å². The van der Waals surface area contributed by atoms with Crippen LogP contribution in [0.15, 0.2) is 42.9 Å². The minimum absolute atomic E-state index is 0.00937. The molecule has 0 bridgehead atoms. The van der Waals surface area contributed by atoms with Crippen molar-refractivity contribution in [2.24, 2.45) is 0 Å². The van der Waals surface area contributed by atoms with Crippen LogP contribution in [-0.2, 0) is 11.3 Å². The van der Waals surface area contributed by atoms with E-state index in [1.807, 2.05) is 47.3 Å². The molecule has 25 heavy (non-hydrogen) atoms. The third kappa shape index (κ3) is 3.46. The van der Waals surface area contributed by atoms with Gasteiger partial charge in [-0.25, -0.2) is 9.97 Å². The van der Waals surface area contributed by atoms with Crippen LogP contribution < -0.4 is 10.1 Å². The Kier molecular flexibility index (Phi) is 4.57. The first kappa shape index (κ1) is 16.3. The van der Waals surface area contributed by atoms with Gasteiger partial charge in [-0.3, -0.25) is 0 Å². The van der Waals surface area contributed by atoms with Crippen molar-refractivity contribution in [2.45, 2.75) is 25.1 Å². The van der Waals surface area contributed by atoms with Crippen molar-refractivity contribution in [3.63, 3.8) is 0 Å². The van der Waals surface area contributed by atoms with Crippen LogP contribution in [0, 0.1) is 0 Å². The third-order valence-electron chi connectivity index (χ3n) is 4.40. The predicted molar refractivity (Wildman–Crippen MR) is 94.9 cm³/mol. The maximum atomic E-state index is 6.02. The Morgan fingerprint density at radius 1 is 1.32 bits per heavy atom. The van der Waals surface area contributed by atoms with E-state index in [1.165, 1.54) is 0 Å². The lowest BCUT2D eigenvalue weighted by Gasteiger charge is -2.19. The molecule has 1 aliphatic rings. The number of ether oxygens (including phenoxy) is 2. The molecule has 4 rings (SSSR count). The largest absolute Gasteiger partial charge is 0.481 e. The molecule has 0 radical (unpaired) electrons. The fraction of sp³-hybridized carbons (Fsp3) is 0.333. The smallest absolute Gasteiger partial charge is 0.212 e. The summed E-state index contributed by atoms with van der Waals surface area (Å²) in [6.45, 7) is 1.41. The molecule has 0 aliphatic carbocycles. The lowest BCUT2D eigenvalue weighted by molar-refractivity contribution is 0.0981. The maximum absolute atomic E-state index is 6.02. The molecule has 1 fully saturated rings. The second-order valence-electron chi connectivity index (χ2n) is 6.05. The normalized spacial score (nSPS) is 20.2. The van der Waals surface area contributed by atoms with E-state index < -0.39 is 0 Å². The van der Waals surface area contributed by atoms with E-state index in [0.717, 1.165) is 29.9 Å². The third-order valence-corrected chi connectivity index (χ3v) is 4.62. The van der Waals surface area contributed by atoms with Crippen LogP contribution in [0.4, 0.5) is 0 Å². The van der Waals surface area contributed by atoms with Crippen molar-refractivity contribution in [2.75, 3.05) is 13.7 Å². The van der Waals surface area contributed by atoms with E-state index in [-0.39, 0.29) is 12.1 Å². The van der Waals surface area contributed by atoms with Gasteiger partial charge in [0.15, 0.2) is 0 Å². The van der Waals surface area contributed by atoms with Gasteiger partial charge in [0.2, 0.25) is 5.88 Å². The van der Waals surface area contributed by atoms with Crippen LogP contribution in [0.3, 0.4) is 0 Å². The lowest BCUT2D eigenvalue weighted by atomic mass is 10.0. The minimum atomic E-state index is -0.00937. The number of hydrogen-bond donors (Lipinski definition) is 1. The molecule has 0 unspecified atom stereocenters. The van der Waals surface area contributed by atoms with Gasteiger partial charge in [0.1, 0.15) is 5.65 Å². The van der Waals surface area contributed by atoms with Gasteiger partial charge in [0.25, 0.3) is 0 Å². The van der Waals surface area contributed by atoms with Gasteiger partial charge in [-0.15, -0.1) is 0 Å². The van der Waals surface area contributed by atoms with Gasteiger partial charge in [-0.05, 0) is 24.6 Å². The zero-order valence-corrected chi connectivity index (χ0v) is 14.6. The van der Waals surface area contributed by atoms with E-state index in [9.17, 15) is 0 Å². The number of halogens is 1. The number of rotatable bonds is 5. The summed E-state index contributed by atoms with van der Waals surface area (Å²) in [5.41, 5.74) is 2.91. The zero-order valence-electron chi connectivity index (χ0n) is 13.9. The van der Waals surface area contributed by atoms with Gasteiger partial charge in [-0.2, -0.15) is 0 Å². The average molecular weight is 359 g/mol. The minimum Gasteiger partial charge on any atom is -0.481 e. The maximum Gasteiger partial charge on any atom is 0.212 e. The van der Waals surface area contributed by atoms with E-state index in [2.05, 4.69) is 15.3 Å².